The summed E-state index contributed by atoms with van der Waals surface area (Å²) in [6.45, 7) is 2.46. The Kier molecular flexibility index (Phi) is 4.97. The van der Waals surface area contributed by atoms with E-state index in [1.807, 2.05) is 6.92 Å². The molecular weight excluding hydrogens is 330 g/mol. The maximum absolute atomic E-state index is 11.7. The minimum atomic E-state index is -3.84. The van der Waals surface area contributed by atoms with Crippen molar-refractivity contribution >= 4 is 41.6 Å². The molecule has 0 aliphatic heterocycles. The van der Waals surface area contributed by atoms with E-state index in [0.29, 0.717) is 11.0 Å². The molecule has 7 heteroatoms. The van der Waals surface area contributed by atoms with Gasteiger partial charge in [-0.25, -0.2) is 8.42 Å². The lowest BCUT2D eigenvalue weighted by Crippen LogP contribution is -2.24. The van der Waals surface area contributed by atoms with Gasteiger partial charge in [0.25, 0.3) is 15.0 Å². The first-order chi connectivity index (χ1) is 7.84. The van der Waals surface area contributed by atoms with Crippen molar-refractivity contribution in [1.82, 2.24) is 5.32 Å². The maximum atomic E-state index is 11.7. The van der Waals surface area contributed by atoms with E-state index in [0.717, 1.165) is 6.42 Å². The predicted octanol–water partition coefficient (Wildman–Crippen LogP) is 2.52. The van der Waals surface area contributed by atoms with Crippen LogP contribution < -0.4 is 5.32 Å². The zero-order valence-electron chi connectivity index (χ0n) is 9.04. The van der Waals surface area contributed by atoms with Crippen LogP contribution in [0.1, 0.15) is 23.7 Å². The summed E-state index contributed by atoms with van der Waals surface area (Å²) in [6.07, 6.45) is 0.806. The van der Waals surface area contributed by atoms with Crippen molar-refractivity contribution in [3.05, 3.63) is 28.2 Å². The molecular formula is C10H11BrClNO3S. The minimum absolute atomic E-state index is 0.102. The topological polar surface area (TPSA) is 63.2 Å². The van der Waals surface area contributed by atoms with Gasteiger partial charge in [-0.2, -0.15) is 0 Å². The third kappa shape index (κ3) is 4.29. The standard InChI is InChI=1S/C10H11BrClNO3S/c1-2-3-13-10(14)7-4-8(11)6-9(5-7)17(12,15)16/h4-6H,2-3H2,1H3,(H,13,14). The molecule has 0 aliphatic carbocycles. The molecule has 1 rings (SSSR count). The Labute approximate surface area is 113 Å². The Bertz CT molecular complexity index is 530. The summed E-state index contributed by atoms with van der Waals surface area (Å²) in [4.78, 5) is 11.6. The number of nitrogens with one attached hydrogen (secondary N) is 1. The van der Waals surface area contributed by atoms with Gasteiger partial charge in [0.05, 0.1) is 4.90 Å². The molecule has 1 aromatic carbocycles. The normalized spacial score (nSPS) is 11.2. The van der Waals surface area contributed by atoms with E-state index in [1.165, 1.54) is 18.2 Å². The first-order valence-electron chi connectivity index (χ1n) is 4.88. The largest absolute Gasteiger partial charge is 0.352 e. The first-order valence-corrected chi connectivity index (χ1v) is 7.98. The number of halogens is 2. The number of benzene rings is 1. The van der Waals surface area contributed by atoms with Crippen LogP contribution in [0.15, 0.2) is 27.6 Å². The molecule has 1 aromatic rings. The van der Waals surface area contributed by atoms with Crippen LogP contribution in [0, 0.1) is 0 Å². The molecule has 0 atom stereocenters. The highest BCUT2D eigenvalue weighted by atomic mass is 79.9. The van der Waals surface area contributed by atoms with Gasteiger partial charge in [0.1, 0.15) is 0 Å². The molecule has 1 amide bonds. The molecule has 94 valence electrons. The second-order valence-electron chi connectivity index (χ2n) is 3.37. The smallest absolute Gasteiger partial charge is 0.261 e. The van der Waals surface area contributed by atoms with Crippen molar-refractivity contribution in [2.75, 3.05) is 6.54 Å². The van der Waals surface area contributed by atoms with Crippen LogP contribution in [0.3, 0.4) is 0 Å². The van der Waals surface area contributed by atoms with Gasteiger partial charge in [-0.1, -0.05) is 22.9 Å². The number of amides is 1. The highest BCUT2D eigenvalue weighted by molar-refractivity contribution is 9.10. The van der Waals surface area contributed by atoms with Gasteiger partial charge in [-0.05, 0) is 24.6 Å². The van der Waals surface area contributed by atoms with E-state index in [1.54, 1.807) is 0 Å². The second kappa shape index (κ2) is 5.84. The molecule has 0 fully saturated rings. The van der Waals surface area contributed by atoms with Gasteiger partial charge in [-0.3, -0.25) is 4.79 Å². The summed E-state index contributed by atoms with van der Waals surface area (Å²) >= 11 is 3.14. The van der Waals surface area contributed by atoms with Crippen LogP contribution in [-0.2, 0) is 9.05 Å². The number of hydrogen-bond donors (Lipinski definition) is 1. The first kappa shape index (κ1) is 14.5. The van der Waals surface area contributed by atoms with Crippen LogP contribution >= 0.6 is 26.6 Å². The SMILES string of the molecule is CCCNC(=O)c1cc(Br)cc(S(=O)(=O)Cl)c1. The van der Waals surface area contributed by atoms with E-state index >= 15 is 0 Å². The lowest BCUT2D eigenvalue weighted by molar-refractivity contribution is 0.0953. The summed E-state index contributed by atoms with van der Waals surface area (Å²) < 4.78 is 22.9. The molecule has 0 spiro atoms. The minimum Gasteiger partial charge on any atom is -0.352 e. The Morgan fingerprint density at radius 2 is 2.06 bits per heavy atom. The van der Waals surface area contributed by atoms with E-state index in [9.17, 15) is 13.2 Å². The monoisotopic (exact) mass is 339 g/mol. The summed E-state index contributed by atoms with van der Waals surface area (Å²) in [5.74, 6) is -0.324. The third-order valence-electron chi connectivity index (χ3n) is 1.95. The highest BCUT2D eigenvalue weighted by Gasteiger charge is 2.14. The Balaban J connectivity index is 3.10. The van der Waals surface area contributed by atoms with Crippen molar-refractivity contribution in [2.24, 2.45) is 0 Å². The van der Waals surface area contributed by atoms with Crippen LogP contribution in [0.5, 0.6) is 0 Å². The van der Waals surface area contributed by atoms with Crippen molar-refractivity contribution < 1.29 is 13.2 Å². The van der Waals surface area contributed by atoms with E-state index in [4.69, 9.17) is 10.7 Å². The Hall–Kier alpha value is -0.590. The molecule has 4 nitrogen and oxygen atoms in total. The van der Waals surface area contributed by atoms with Gasteiger partial charge < -0.3 is 5.32 Å². The van der Waals surface area contributed by atoms with Crippen molar-refractivity contribution in [3.63, 3.8) is 0 Å². The van der Waals surface area contributed by atoms with Gasteiger partial charge >= 0.3 is 0 Å². The number of carbonyl (C=O) groups is 1. The third-order valence-corrected chi connectivity index (χ3v) is 3.74. The van der Waals surface area contributed by atoms with Gasteiger partial charge in [0.2, 0.25) is 0 Å². The number of carbonyl (C=O) groups excluding carboxylic acids is 1. The Morgan fingerprint density at radius 3 is 2.59 bits per heavy atom. The zero-order valence-corrected chi connectivity index (χ0v) is 12.2. The summed E-state index contributed by atoms with van der Waals surface area (Å²) in [6, 6.07) is 4.13. The molecule has 0 aliphatic rings. The Morgan fingerprint density at radius 1 is 1.41 bits per heavy atom. The van der Waals surface area contributed by atoms with Gasteiger partial charge in [0, 0.05) is 27.3 Å². The molecule has 0 unspecified atom stereocenters. The molecule has 0 radical (unpaired) electrons. The molecule has 0 heterocycles. The molecule has 0 bridgehead atoms. The highest BCUT2D eigenvalue weighted by Crippen LogP contribution is 2.22. The van der Waals surface area contributed by atoms with E-state index in [2.05, 4.69) is 21.2 Å². The van der Waals surface area contributed by atoms with Crippen LogP contribution in [0.25, 0.3) is 0 Å². The fraction of sp³-hybridized carbons (Fsp3) is 0.300. The van der Waals surface area contributed by atoms with Crippen molar-refractivity contribution in [1.29, 1.82) is 0 Å². The summed E-state index contributed by atoms with van der Waals surface area (Å²) in [5.41, 5.74) is 0.257. The van der Waals surface area contributed by atoms with Crippen LogP contribution in [0.4, 0.5) is 0 Å². The quantitative estimate of drug-likeness (QED) is 0.857. The molecule has 0 aromatic heterocycles. The van der Waals surface area contributed by atoms with Crippen LogP contribution in [0.2, 0.25) is 0 Å². The zero-order chi connectivity index (χ0) is 13.1. The second-order valence-corrected chi connectivity index (χ2v) is 6.85. The fourth-order valence-corrected chi connectivity index (χ4v) is 2.62. The van der Waals surface area contributed by atoms with Crippen molar-refractivity contribution in [2.45, 2.75) is 18.2 Å². The number of hydrogen-bond acceptors (Lipinski definition) is 3. The summed E-state index contributed by atoms with van der Waals surface area (Å²) in [5, 5.41) is 2.66. The molecule has 0 saturated heterocycles. The lowest BCUT2D eigenvalue weighted by Gasteiger charge is -2.05. The summed E-state index contributed by atoms with van der Waals surface area (Å²) in [7, 11) is 1.39. The predicted molar refractivity (Wildman–Crippen MR) is 69.8 cm³/mol. The van der Waals surface area contributed by atoms with Gasteiger partial charge in [-0.15, -0.1) is 0 Å². The molecule has 17 heavy (non-hydrogen) atoms. The molecule has 1 N–H and O–H groups in total. The molecule has 0 saturated carbocycles. The lowest BCUT2D eigenvalue weighted by atomic mass is 10.2. The van der Waals surface area contributed by atoms with E-state index < -0.39 is 9.05 Å². The van der Waals surface area contributed by atoms with Gasteiger partial charge in [0.15, 0.2) is 0 Å². The average Bonchev–Trinajstić information content (AvgIpc) is 2.23. The van der Waals surface area contributed by atoms with E-state index in [-0.39, 0.29) is 16.4 Å². The van der Waals surface area contributed by atoms with Crippen LogP contribution in [-0.4, -0.2) is 20.9 Å². The van der Waals surface area contributed by atoms with Crippen molar-refractivity contribution in [3.8, 4) is 0 Å². The average molecular weight is 341 g/mol. The maximum Gasteiger partial charge on any atom is 0.261 e. The number of rotatable bonds is 4. The fourth-order valence-electron chi connectivity index (χ4n) is 1.18.